The van der Waals surface area contributed by atoms with Gasteiger partial charge in [-0.25, -0.2) is 0 Å². The molecule has 1 unspecified atom stereocenters. The molecule has 1 aliphatic rings. The van der Waals surface area contributed by atoms with Crippen LogP contribution in [0.2, 0.25) is 0 Å². The topological polar surface area (TPSA) is 21.3 Å². The van der Waals surface area contributed by atoms with Crippen LogP contribution in [0.5, 0.6) is 5.75 Å². The van der Waals surface area contributed by atoms with E-state index in [1.165, 1.54) is 11.1 Å². The van der Waals surface area contributed by atoms with E-state index < -0.39 is 0 Å². The van der Waals surface area contributed by atoms with E-state index in [0.29, 0.717) is 6.04 Å². The lowest BCUT2D eigenvalue weighted by Gasteiger charge is -2.31. The van der Waals surface area contributed by atoms with E-state index in [1.807, 2.05) is 7.05 Å². The molecule has 2 heteroatoms. The highest BCUT2D eigenvalue weighted by Gasteiger charge is 2.25. The van der Waals surface area contributed by atoms with Gasteiger partial charge in [-0.2, -0.15) is 0 Å². The van der Waals surface area contributed by atoms with Crippen molar-refractivity contribution in [2.75, 3.05) is 13.7 Å². The zero-order chi connectivity index (χ0) is 11.8. The lowest BCUT2D eigenvalue weighted by molar-refractivity contribution is 0.287. The van der Waals surface area contributed by atoms with Gasteiger partial charge in [0.05, 0.1) is 6.61 Å². The Morgan fingerprint density at radius 2 is 2.06 bits per heavy atom. The Hall–Kier alpha value is -1.02. The summed E-state index contributed by atoms with van der Waals surface area (Å²) in [6.45, 7) is 7.62. The first-order chi connectivity index (χ1) is 7.52. The van der Waals surface area contributed by atoms with E-state index >= 15 is 0 Å². The molecule has 16 heavy (non-hydrogen) atoms. The summed E-state index contributed by atoms with van der Waals surface area (Å²) in [5, 5.41) is 3.41. The maximum atomic E-state index is 5.53. The van der Waals surface area contributed by atoms with E-state index in [0.717, 1.165) is 18.8 Å². The van der Waals surface area contributed by atoms with Crippen LogP contribution in [0.25, 0.3) is 0 Å². The van der Waals surface area contributed by atoms with Crippen molar-refractivity contribution in [3.63, 3.8) is 0 Å². The summed E-state index contributed by atoms with van der Waals surface area (Å²) in [6, 6.07) is 6.96. The van der Waals surface area contributed by atoms with Crippen molar-refractivity contribution in [2.24, 2.45) is 5.41 Å². The van der Waals surface area contributed by atoms with Crippen LogP contribution in [-0.2, 0) is 6.42 Å². The van der Waals surface area contributed by atoms with Gasteiger partial charge in [0.25, 0.3) is 0 Å². The summed E-state index contributed by atoms with van der Waals surface area (Å²) < 4.78 is 5.53. The standard InChI is InChI=1S/C14H21NO/c1-14(2,3)13(15-4)11-5-6-12-10(9-11)7-8-16-12/h5-6,9,13,15H,7-8H2,1-4H3. The fourth-order valence-corrected chi connectivity index (χ4v) is 2.49. The second-order valence-corrected chi connectivity index (χ2v) is 5.55. The Morgan fingerprint density at radius 3 is 2.69 bits per heavy atom. The minimum absolute atomic E-state index is 0.225. The fraction of sp³-hybridized carbons (Fsp3) is 0.571. The van der Waals surface area contributed by atoms with Crippen molar-refractivity contribution >= 4 is 0 Å². The molecule has 0 bridgehead atoms. The Labute approximate surface area is 98.0 Å². The molecule has 2 nitrogen and oxygen atoms in total. The number of fused-ring (bicyclic) bond motifs is 1. The molecule has 2 rings (SSSR count). The molecular weight excluding hydrogens is 198 g/mol. The summed E-state index contributed by atoms with van der Waals surface area (Å²) in [6.07, 6.45) is 1.05. The van der Waals surface area contributed by atoms with Gasteiger partial charge in [0.1, 0.15) is 5.75 Å². The van der Waals surface area contributed by atoms with Gasteiger partial charge in [-0.15, -0.1) is 0 Å². The first-order valence-corrected chi connectivity index (χ1v) is 5.95. The molecule has 0 amide bonds. The van der Waals surface area contributed by atoms with Crippen molar-refractivity contribution in [3.05, 3.63) is 29.3 Å². The molecule has 1 aromatic carbocycles. The van der Waals surface area contributed by atoms with Gasteiger partial charge in [0.2, 0.25) is 0 Å². The third kappa shape index (κ3) is 2.07. The van der Waals surface area contributed by atoms with Gasteiger partial charge < -0.3 is 10.1 Å². The molecule has 0 aromatic heterocycles. The minimum Gasteiger partial charge on any atom is -0.493 e. The van der Waals surface area contributed by atoms with Crippen LogP contribution in [0.3, 0.4) is 0 Å². The van der Waals surface area contributed by atoms with Crippen LogP contribution >= 0.6 is 0 Å². The van der Waals surface area contributed by atoms with Crippen molar-refractivity contribution in [1.82, 2.24) is 5.32 Å². The summed E-state index contributed by atoms with van der Waals surface area (Å²) in [5.74, 6) is 1.06. The fourth-order valence-electron chi connectivity index (χ4n) is 2.49. The average Bonchev–Trinajstić information content (AvgIpc) is 2.63. The highest BCUT2D eigenvalue weighted by atomic mass is 16.5. The largest absolute Gasteiger partial charge is 0.493 e. The van der Waals surface area contributed by atoms with Crippen LogP contribution in [0, 0.1) is 5.41 Å². The third-order valence-electron chi connectivity index (χ3n) is 3.20. The molecule has 1 aromatic rings. The molecule has 1 atom stereocenters. The number of nitrogens with one attached hydrogen (secondary N) is 1. The second-order valence-electron chi connectivity index (χ2n) is 5.55. The Kier molecular flexibility index (Phi) is 2.94. The van der Waals surface area contributed by atoms with Crippen molar-refractivity contribution in [1.29, 1.82) is 0 Å². The van der Waals surface area contributed by atoms with Gasteiger partial charge in [-0.05, 0) is 29.7 Å². The number of rotatable bonds is 2. The van der Waals surface area contributed by atoms with E-state index in [4.69, 9.17) is 4.74 Å². The quantitative estimate of drug-likeness (QED) is 0.825. The van der Waals surface area contributed by atoms with E-state index in [-0.39, 0.29) is 5.41 Å². The van der Waals surface area contributed by atoms with Gasteiger partial charge in [-0.1, -0.05) is 32.9 Å². The maximum Gasteiger partial charge on any atom is 0.122 e. The first kappa shape index (κ1) is 11.5. The van der Waals surface area contributed by atoms with E-state index in [1.54, 1.807) is 0 Å². The van der Waals surface area contributed by atoms with E-state index in [2.05, 4.69) is 44.3 Å². The predicted octanol–water partition coefficient (Wildman–Crippen LogP) is 2.93. The molecule has 0 aliphatic carbocycles. The Balaban J connectivity index is 2.33. The third-order valence-corrected chi connectivity index (χ3v) is 3.20. The maximum absolute atomic E-state index is 5.53. The van der Waals surface area contributed by atoms with Crippen LogP contribution in [0.15, 0.2) is 18.2 Å². The van der Waals surface area contributed by atoms with Crippen molar-refractivity contribution < 1.29 is 4.74 Å². The molecule has 0 saturated carbocycles. The normalized spacial score (nSPS) is 16.8. The summed E-state index contributed by atoms with van der Waals surface area (Å²) >= 11 is 0. The smallest absolute Gasteiger partial charge is 0.122 e. The molecule has 1 heterocycles. The SMILES string of the molecule is CNC(c1ccc2c(c1)CCO2)C(C)(C)C. The van der Waals surface area contributed by atoms with Crippen LogP contribution in [0.4, 0.5) is 0 Å². The minimum atomic E-state index is 0.225. The monoisotopic (exact) mass is 219 g/mol. The molecule has 0 saturated heterocycles. The van der Waals surface area contributed by atoms with Gasteiger partial charge >= 0.3 is 0 Å². The second kappa shape index (κ2) is 4.10. The average molecular weight is 219 g/mol. The lowest BCUT2D eigenvalue weighted by atomic mass is 9.82. The molecular formula is C14H21NO. The Morgan fingerprint density at radius 1 is 1.31 bits per heavy atom. The van der Waals surface area contributed by atoms with Gasteiger partial charge in [0, 0.05) is 12.5 Å². The zero-order valence-electron chi connectivity index (χ0n) is 10.6. The number of hydrogen-bond acceptors (Lipinski definition) is 2. The molecule has 1 N–H and O–H groups in total. The molecule has 1 aliphatic heterocycles. The molecule has 0 radical (unpaired) electrons. The number of hydrogen-bond donors (Lipinski definition) is 1. The number of ether oxygens (including phenoxy) is 1. The predicted molar refractivity (Wildman–Crippen MR) is 66.9 cm³/mol. The first-order valence-electron chi connectivity index (χ1n) is 5.95. The lowest BCUT2D eigenvalue weighted by Crippen LogP contribution is -2.29. The molecule has 0 spiro atoms. The zero-order valence-corrected chi connectivity index (χ0v) is 10.6. The summed E-state index contributed by atoms with van der Waals surface area (Å²) in [4.78, 5) is 0. The Bertz CT molecular complexity index is 379. The summed E-state index contributed by atoms with van der Waals surface area (Å²) in [7, 11) is 2.03. The molecule has 88 valence electrons. The highest BCUT2D eigenvalue weighted by molar-refractivity contribution is 5.41. The highest BCUT2D eigenvalue weighted by Crippen LogP contribution is 2.35. The van der Waals surface area contributed by atoms with Gasteiger partial charge in [0.15, 0.2) is 0 Å². The number of benzene rings is 1. The van der Waals surface area contributed by atoms with Crippen LogP contribution < -0.4 is 10.1 Å². The summed E-state index contributed by atoms with van der Waals surface area (Å²) in [5.41, 5.74) is 2.93. The van der Waals surface area contributed by atoms with Crippen molar-refractivity contribution in [3.8, 4) is 5.75 Å². The van der Waals surface area contributed by atoms with Gasteiger partial charge in [-0.3, -0.25) is 0 Å². The van der Waals surface area contributed by atoms with Crippen LogP contribution in [0.1, 0.15) is 37.9 Å². The molecule has 0 fully saturated rings. The van der Waals surface area contributed by atoms with Crippen molar-refractivity contribution in [2.45, 2.75) is 33.2 Å². The van der Waals surface area contributed by atoms with Crippen LogP contribution in [-0.4, -0.2) is 13.7 Å². The van der Waals surface area contributed by atoms with E-state index in [9.17, 15) is 0 Å².